The number of halogens is 2. The zero-order chi connectivity index (χ0) is 10.7. The van der Waals surface area contributed by atoms with E-state index in [9.17, 15) is 4.79 Å². The third-order valence-electron chi connectivity index (χ3n) is 1.55. The molecule has 0 aliphatic rings. The standard InChI is InChI=1S/C9H8Cl2O3.Na.H/c1-5(9(12)13)14-8-3-2-6(10)4-7(8)11;;/h2-5H,1H3,(H,12,13);;/q;+1;-1. The van der Waals surface area contributed by atoms with E-state index in [-0.39, 0.29) is 31.0 Å². The maximum Gasteiger partial charge on any atom is 1.00 e. The van der Waals surface area contributed by atoms with Crippen LogP contribution in [0.1, 0.15) is 8.35 Å². The summed E-state index contributed by atoms with van der Waals surface area (Å²) in [4.78, 5) is 10.5. The fraction of sp³-hybridized carbons (Fsp3) is 0.222. The molecule has 0 saturated heterocycles. The van der Waals surface area contributed by atoms with Crippen LogP contribution in [0.15, 0.2) is 18.2 Å². The maximum atomic E-state index is 10.5. The van der Waals surface area contributed by atoms with E-state index in [1.807, 2.05) is 0 Å². The summed E-state index contributed by atoms with van der Waals surface area (Å²) in [7, 11) is 0. The van der Waals surface area contributed by atoms with Crippen molar-refractivity contribution >= 4 is 29.2 Å². The van der Waals surface area contributed by atoms with Gasteiger partial charge >= 0.3 is 35.5 Å². The Kier molecular flexibility index (Phi) is 6.64. The molecule has 0 aliphatic heterocycles. The van der Waals surface area contributed by atoms with Crippen LogP contribution in [0.3, 0.4) is 0 Å². The summed E-state index contributed by atoms with van der Waals surface area (Å²) in [5, 5.41) is 9.37. The van der Waals surface area contributed by atoms with Gasteiger partial charge in [0.2, 0.25) is 0 Å². The van der Waals surface area contributed by atoms with Gasteiger partial charge in [-0.2, -0.15) is 0 Å². The average Bonchev–Trinajstić information content (AvgIpc) is 2.09. The summed E-state index contributed by atoms with van der Waals surface area (Å²) in [6.45, 7) is 1.42. The molecule has 78 valence electrons. The SMILES string of the molecule is CC(Oc1ccc(Cl)cc1Cl)C(=O)O.[H-].[Na+]. The van der Waals surface area contributed by atoms with Crippen LogP contribution in [0.25, 0.3) is 0 Å². The van der Waals surface area contributed by atoms with E-state index in [2.05, 4.69) is 0 Å². The number of ether oxygens (including phenoxy) is 1. The minimum Gasteiger partial charge on any atom is -1.00 e. The first-order valence-electron chi connectivity index (χ1n) is 3.85. The Morgan fingerprint density at radius 3 is 2.60 bits per heavy atom. The number of benzene rings is 1. The van der Waals surface area contributed by atoms with Gasteiger partial charge in [0.15, 0.2) is 6.10 Å². The number of hydrogen-bond acceptors (Lipinski definition) is 2. The van der Waals surface area contributed by atoms with E-state index >= 15 is 0 Å². The molecule has 1 aromatic carbocycles. The third-order valence-corrected chi connectivity index (χ3v) is 2.08. The van der Waals surface area contributed by atoms with Crippen LogP contribution < -0.4 is 34.3 Å². The van der Waals surface area contributed by atoms with Gasteiger partial charge in [-0.05, 0) is 25.1 Å². The predicted octanol–water partition coefficient (Wildman–Crippen LogP) is -0.0382. The summed E-state index contributed by atoms with van der Waals surface area (Å²) in [5.41, 5.74) is 0. The van der Waals surface area contributed by atoms with Crippen LogP contribution in [-0.4, -0.2) is 17.2 Å². The second-order valence-corrected chi connectivity index (χ2v) is 3.52. The molecule has 0 saturated carbocycles. The molecule has 6 heteroatoms. The predicted molar refractivity (Wildman–Crippen MR) is 55.3 cm³/mol. The van der Waals surface area contributed by atoms with Crippen molar-refractivity contribution in [3.8, 4) is 5.75 Å². The molecule has 0 spiro atoms. The first-order chi connectivity index (χ1) is 6.50. The number of carboxylic acid groups (broad SMARTS) is 1. The monoisotopic (exact) mass is 258 g/mol. The zero-order valence-electron chi connectivity index (χ0n) is 9.33. The molecule has 0 fully saturated rings. The average molecular weight is 259 g/mol. The van der Waals surface area contributed by atoms with E-state index in [0.29, 0.717) is 15.8 Å². The molecule has 0 aliphatic carbocycles. The maximum absolute atomic E-state index is 10.5. The third kappa shape index (κ3) is 4.62. The molecule has 3 nitrogen and oxygen atoms in total. The van der Waals surface area contributed by atoms with Gasteiger partial charge in [-0.1, -0.05) is 23.2 Å². The van der Waals surface area contributed by atoms with Gasteiger partial charge in [-0.25, -0.2) is 4.79 Å². The Hall–Kier alpha value is 0.0700. The van der Waals surface area contributed by atoms with Gasteiger partial charge in [-0.15, -0.1) is 0 Å². The minimum atomic E-state index is -1.05. The smallest absolute Gasteiger partial charge is 1.00 e. The molecule has 0 heterocycles. The first kappa shape index (κ1) is 15.1. The molecule has 0 radical (unpaired) electrons. The van der Waals surface area contributed by atoms with E-state index in [1.54, 1.807) is 6.07 Å². The van der Waals surface area contributed by atoms with Gasteiger partial charge < -0.3 is 11.3 Å². The van der Waals surface area contributed by atoms with Gasteiger partial charge in [0.1, 0.15) is 5.75 Å². The molecular weight excluding hydrogens is 250 g/mol. The number of carboxylic acids is 1. The van der Waals surface area contributed by atoms with Gasteiger partial charge in [0, 0.05) is 5.02 Å². The van der Waals surface area contributed by atoms with E-state index in [0.717, 1.165) is 0 Å². The summed E-state index contributed by atoms with van der Waals surface area (Å²) in [6.07, 6.45) is -0.936. The molecule has 1 N–H and O–H groups in total. The second kappa shape index (κ2) is 6.61. The minimum absolute atomic E-state index is 0. The quantitative estimate of drug-likeness (QED) is 0.775. The summed E-state index contributed by atoms with van der Waals surface area (Å²) in [5.74, 6) is -0.734. The molecule has 1 atom stereocenters. The Bertz CT molecular complexity index is 363. The summed E-state index contributed by atoms with van der Waals surface area (Å²) in [6, 6.07) is 4.61. The summed E-state index contributed by atoms with van der Waals surface area (Å²) >= 11 is 11.4. The molecule has 1 unspecified atom stereocenters. The fourth-order valence-electron chi connectivity index (χ4n) is 0.812. The zero-order valence-corrected chi connectivity index (χ0v) is 11.8. The van der Waals surface area contributed by atoms with Crippen LogP contribution in [0.4, 0.5) is 0 Å². The fourth-order valence-corrected chi connectivity index (χ4v) is 1.26. The van der Waals surface area contributed by atoms with Crippen molar-refractivity contribution in [1.29, 1.82) is 0 Å². The van der Waals surface area contributed by atoms with Crippen molar-refractivity contribution < 1.29 is 45.6 Å². The topological polar surface area (TPSA) is 46.5 Å². The number of hydrogen-bond donors (Lipinski definition) is 1. The van der Waals surface area contributed by atoms with Crippen LogP contribution in [-0.2, 0) is 4.79 Å². The van der Waals surface area contributed by atoms with Crippen molar-refractivity contribution in [1.82, 2.24) is 0 Å². The van der Waals surface area contributed by atoms with E-state index in [4.69, 9.17) is 33.0 Å². The van der Waals surface area contributed by atoms with Crippen molar-refractivity contribution in [3.05, 3.63) is 28.2 Å². The number of aliphatic carboxylic acids is 1. The van der Waals surface area contributed by atoms with Gasteiger partial charge in [0.25, 0.3) is 0 Å². The van der Waals surface area contributed by atoms with Crippen molar-refractivity contribution in [3.63, 3.8) is 0 Å². The van der Waals surface area contributed by atoms with Crippen molar-refractivity contribution in [2.75, 3.05) is 0 Å². The Morgan fingerprint density at radius 2 is 2.13 bits per heavy atom. The molecular formula is C9H9Cl2NaO3. The first-order valence-corrected chi connectivity index (χ1v) is 4.61. The van der Waals surface area contributed by atoms with Crippen LogP contribution in [0.2, 0.25) is 10.0 Å². The van der Waals surface area contributed by atoms with Crippen LogP contribution in [0.5, 0.6) is 5.75 Å². The molecule has 0 aromatic heterocycles. The summed E-state index contributed by atoms with van der Waals surface area (Å²) < 4.78 is 5.07. The molecule has 1 rings (SSSR count). The largest absolute Gasteiger partial charge is 1.00 e. The Morgan fingerprint density at radius 1 is 1.53 bits per heavy atom. The molecule has 1 aromatic rings. The van der Waals surface area contributed by atoms with Crippen LogP contribution in [0, 0.1) is 0 Å². The van der Waals surface area contributed by atoms with Crippen LogP contribution >= 0.6 is 23.2 Å². The second-order valence-electron chi connectivity index (χ2n) is 2.67. The van der Waals surface area contributed by atoms with Crippen molar-refractivity contribution in [2.45, 2.75) is 13.0 Å². The van der Waals surface area contributed by atoms with Crippen molar-refractivity contribution in [2.24, 2.45) is 0 Å². The normalized spacial score (nSPS) is 11.4. The van der Waals surface area contributed by atoms with Gasteiger partial charge in [0.05, 0.1) is 5.02 Å². The van der Waals surface area contributed by atoms with E-state index < -0.39 is 12.1 Å². The molecule has 0 amide bonds. The van der Waals surface area contributed by atoms with Gasteiger partial charge in [-0.3, -0.25) is 0 Å². The Labute approximate surface area is 121 Å². The number of rotatable bonds is 3. The number of carbonyl (C=O) groups is 1. The van der Waals surface area contributed by atoms with E-state index in [1.165, 1.54) is 19.1 Å². The Balaban J connectivity index is 0. The molecule has 0 bridgehead atoms. The molecule has 15 heavy (non-hydrogen) atoms.